The molecule has 1 unspecified atom stereocenters. The third-order valence-electron chi connectivity index (χ3n) is 3.57. The topological polar surface area (TPSA) is 55.1 Å². The summed E-state index contributed by atoms with van der Waals surface area (Å²) in [4.78, 5) is 11.9. The Labute approximate surface area is 116 Å². The van der Waals surface area contributed by atoms with Crippen LogP contribution < -0.4 is 11.1 Å². The molecular formula is C14H28N2OS. The lowest BCUT2D eigenvalue weighted by atomic mass is 9.94. The third kappa shape index (κ3) is 4.47. The van der Waals surface area contributed by atoms with E-state index >= 15 is 0 Å². The Bertz CT molecular complexity index is 267. The van der Waals surface area contributed by atoms with Gasteiger partial charge in [-0.25, -0.2) is 0 Å². The lowest BCUT2D eigenvalue weighted by Gasteiger charge is -2.32. The van der Waals surface area contributed by atoms with Crippen LogP contribution in [0.4, 0.5) is 0 Å². The van der Waals surface area contributed by atoms with Crippen molar-refractivity contribution in [3.05, 3.63) is 0 Å². The maximum Gasteiger partial charge on any atom is 0.238 e. The minimum atomic E-state index is -0.447. The van der Waals surface area contributed by atoms with E-state index in [0.29, 0.717) is 5.92 Å². The fraction of sp³-hybridized carbons (Fsp3) is 0.929. The molecule has 0 bridgehead atoms. The molecule has 106 valence electrons. The molecule has 18 heavy (non-hydrogen) atoms. The standard InChI is InChI=1S/C14H28N2OS/c1-4-8-16-14(13(15)17,12-5-6-12)10-18-9-7-11(2)3/h11-12,16H,4-10H2,1-3H3,(H2,15,17). The van der Waals surface area contributed by atoms with Crippen LogP contribution in [0.5, 0.6) is 0 Å². The van der Waals surface area contributed by atoms with Crippen LogP contribution in [-0.4, -0.2) is 29.5 Å². The van der Waals surface area contributed by atoms with Gasteiger partial charge in [-0.3, -0.25) is 4.79 Å². The first kappa shape index (κ1) is 15.8. The summed E-state index contributed by atoms with van der Waals surface area (Å²) in [6, 6.07) is 0. The second-order valence-corrected chi connectivity index (χ2v) is 6.88. The molecular weight excluding hydrogens is 244 g/mol. The molecule has 1 rings (SSSR count). The number of hydrogen-bond donors (Lipinski definition) is 2. The Kier molecular flexibility index (Phi) is 6.50. The van der Waals surface area contributed by atoms with Gasteiger partial charge >= 0.3 is 0 Å². The minimum Gasteiger partial charge on any atom is -0.368 e. The highest BCUT2D eigenvalue weighted by atomic mass is 32.2. The zero-order valence-corrected chi connectivity index (χ0v) is 12.8. The minimum absolute atomic E-state index is 0.157. The lowest BCUT2D eigenvalue weighted by Crippen LogP contribution is -2.59. The van der Waals surface area contributed by atoms with Gasteiger partial charge in [-0.05, 0) is 49.8 Å². The summed E-state index contributed by atoms with van der Waals surface area (Å²) in [5.74, 6) is 2.99. The molecule has 1 aliphatic carbocycles. The van der Waals surface area contributed by atoms with Gasteiger partial charge in [0.25, 0.3) is 0 Å². The van der Waals surface area contributed by atoms with Crippen LogP contribution in [-0.2, 0) is 4.79 Å². The normalized spacial score (nSPS) is 18.9. The molecule has 0 radical (unpaired) electrons. The maximum atomic E-state index is 11.9. The van der Waals surface area contributed by atoms with E-state index in [9.17, 15) is 4.79 Å². The number of hydrogen-bond acceptors (Lipinski definition) is 3. The number of nitrogens with one attached hydrogen (secondary N) is 1. The molecule has 0 heterocycles. The average molecular weight is 272 g/mol. The fourth-order valence-corrected chi connectivity index (χ4v) is 3.73. The summed E-state index contributed by atoms with van der Waals surface area (Å²) in [5, 5.41) is 3.44. The summed E-state index contributed by atoms with van der Waals surface area (Å²) in [5.41, 5.74) is 5.23. The van der Waals surface area contributed by atoms with E-state index < -0.39 is 5.54 Å². The predicted molar refractivity (Wildman–Crippen MR) is 79.7 cm³/mol. The van der Waals surface area contributed by atoms with Gasteiger partial charge in [-0.15, -0.1) is 0 Å². The number of amides is 1. The monoisotopic (exact) mass is 272 g/mol. The molecule has 4 heteroatoms. The summed E-state index contributed by atoms with van der Waals surface area (Å²) >= 11 is 1.87. The van der Waals surface area contributed by atoms with Crippen LogP contribution in [0.3, 0.4) is 0 Å². The van der Waals surface area contributed by atoms with Gasteiger partial charge in [-0.2, -0.15) is 11.8 Å². The van der Waals surface area contributed by atoms with Gasteiger partial charge in [0, 0.05) is 5.75 Å². The van der Waals surface area contributed by atoms with Crippen LogP contribution in [0.1, 0.15) is 46.5 Å². The molecule has 1 amide bonds. The van der Waals surface area contributed by atoms with Crippen molar-refractivity contribution in [2.75, 3.05) is 18.1 Å². The third-order valence-corrected chi connectivity index (χ3v) is 4.76. The summed E-state index contributed by atoms with van der Waals surface area (Å²) in [7, 11) is 0. The van der Waals surface area contributed by atoms with Crippen LogP contribution in [0, 0.1) is 11.8 Å². The van der Waals surface area contributed by atoms with Gasteiger partial charge in [0.2, 0.25) is 5.91 Å². The van der Waals surface area contributed by atoms with Crippen molar-refractivity contribution < 1.29 is 4.79 Å². The zero-order chi connectivity index (χ0) is 13.6. The molecule has 3 N–H and O–H groups in total. The van der Waals surface area contributed by atoms with Gasteiger partial charge in [0.1, 0.15) is 5.54 Å². The Hall–Kier alpha value is -0.220. The molecule has 3 nitrogen and oxygen atoms in total. The second kappa shape index (κ2) is 7.39. The first-order valence-corrected chi connectivity index (χ1v) is 8.31. The van der Waals surface area contributed by atoms with E-state index in [-0.39, 0.29) is 5.91 Å². The van der Waals surface area contributed by atoms with E-state index in [0.717, 1.165) is 43.2 Å². The Morgan fingerprint density at radius 1 is 1.50 bits per heavy atom. The molecule has 1 aliphatic rings. The van der Waals surface area contributed by atoms with Gasteiger partial charge in [0.15, 0.2) is 0 Å². The van der Waals surface area contributed by atoms with Gasteiger partial charge in [-0.1, -0.05) is 20.8 Å². The number of rotatable bonds is 10. The smallest absolute Gasteiger partial charge is 0.238 e. The van der Waals surface area contributed by atoms with Gasteiger partial charge < -0.3 is 11.1 Å². The SMILES string of the molecule is CCCNC(CSCCC(C)C)(C(N)=O)C1CC1. The molecule has 0 spiro atoms. The summed E-state index contributed by atoms with van der Waals surface area (Å²) in [6.45, 7) is 7.47. The Balaban J connectivity index is 2.50. The van der Waals surface area contributed by atoms with E-state index in [4.69, 9.17) is 5.73 Å². The average Bonchev–Trinajstić information content (AvgIpc) is 3.12. The number of carbonyl (C=O) groups excluding carboxylic acids is 1. The number of carbonyl (C=O) groups is 1. The molecule has 0 aromatic heterocycles. The Morgan fingerprint density at radius 3 is 2.61 bits per heavy atom. The van der Waals surface area contributed by atoms with Crippen molar-refractivity contribution in [1.29, 1.82) is 0 Å². The first-order chi connectivity index (χ1) is 8.53. The van der Waals surface area contributed by atoms with Gasteiger partial charge in [0.05, 0.1) is 0 Å². The van der Waals surface area contributed by atoms with Crippen LogP contribution >= 0.6 is 11.8 Å². The van der Waals surface area contributed by atoms with Crippen LogP contribution in [0.15, 0.2) is 0 Å². The van der Waals surface area contributed by atoms with Crippen molar-refractivity contribution in [1.82, 2.24) is 5.32 Å². The fourth-order valence-electron chi connectivity index (χ4n) is 2.15. The van der Waals surface area contributed by atoms with Crippen molar-refractivity contribution in [3.8, 4) is 0 Å². The quantitative estimate of drug-likeness (QED) is 0.600. The number of primary amides is 1. The zero-order valence-electron chi connectivity index (χ0n) is 12.0. The van der Waals surface area contributed by atoms with Crippen molar-refractivity contribution in [2.45, 2.75) is 52.0 Å². The highest BCUT2D eigenvalue weighted by Gasteiger charge is 2.49. The van der Waals surface area contributed by atoms with Crippen molar-refractivity contribution >= 4 is 17.7 Å². The summed E-state index contributed by atoms with van der Waals surface area (Å²) in [6.07, 6.45) is 4.53. The largest absolute Gasteiger partial charge is 0.368 e. The second-order valence-electron chi connectivity index (χ2n) is 5.77. The van der Waals surface area contributed by atoms with Crippen molar-refractivity contribution in [3.63, 3.8) is 0 Å². The molecule has 1 atom stereocenters. The number of nitrogens with two attached hydrogens (primary N) is 1. The molecule has 1 fully saturated rings. The highest BCUT2D eigenvalue weighted by Crippen LogP contribution is 2.41. The van der Waals surface area contributed by atoms with E-state index in [2.05, 4.69) is 26.1 Å². The molecule has 0 aromatic rings. The lowest BCUT2D eigenvalue weighted by molar-refractivity contribution is -0.124. The molecule has 0 aliphatic heterocycles. The summed E-state index contributed by atoms with van der Waals surface area (Å²) < 4.78 is 0. The molecule has 0 saturated heterocycles. The highest BCUT2D eigenvalue weighted by molar-refractivity contribution is 7.99. The van der Waals surface area contributed by atoms with Crippen molar-refractivity contribution in [2.24, 2.45) is 17.6 Å². The molecule has 1 saturated carbocycles. The van der Waals surface area contributed by atoms with Crippen LogP contribution in [0.25, 0.3) is 0 Å². The van der Waals surface area contributed by atoms with E-state index in [1.165, 1.54) is 6.42 Å². The maximum absolute atomic E-state index is 11.9. The first-order valence-electron chi connectivity index (χ1n) is 7.15. The van der Waals surface area contributed by atoms with E-state index in [1.807, 2.05) is 11.8 Å². The predicted octanol–water partition coefficient (Wildman–Crippen LogP) is 2.40. The molecule has 0 aromatic carbocycles. The Morgan fingerprint density at radius 2 is 2.17 bits per heavy atom. The van der Waals surface area contributed by atoms with E-state index in [1.54, 1.807) is 0 Å². The van der Waals surface area contributed by atoms with Crippen LogP contribution in [0.2, 0.25) is 0 Å². The number of thioether (sulfide) groups is 1.